The predicted octanol–water partition coefficient (Wildman–Crippen LogP) is 6.00. The van der Waals surface area contributed by atoms with E-state index in [1.165, 1.54) is 0 Å². The molecule has 6 heteroatoms. The molecule has 158 valence electrons. The van der Waals surface area contributed by atoms with Crippen molar-refractivity contribution in [3.8, 4) is 17.5 Å². The standard InChI is InChI=1S/C25H24ClN3O2/c1-5-31-23-9-7-22(8-10-23)29-17(3)13-19(18(29)4)14-20(15-27)25(30)28-24-11-6-21(26)12-16(24)2/h6-14H,5H2,1-4H3,(H,28,30)/b20-14+. The summed E-state index contributed by atoms with van der Waals surface area (Å²) in [5.74, 6) is 0.355. The highest BCUT2D eigenvalue weighted by atomic mass is 35.5. The zero-order valence-electron chi connectivity index (χ0n) is 18.0. The maximum Gasteiger partial charge on any atom is 0.266 e. The number of aryl methyl sites for hydroxylation is 2. The Kier molecular flexibility index (Phi) is 6.84. The summed E-state index contributed by atoms with van der Waals surface area (Å²) in [7, 11) is 0. The summed E-state index contributed by atoms with van der Waals surface area (Å²) >= 11 is 5.97. The van der Waals surface area contributed by atoms with E-state index in [4.69, 9.17) is 16.3 Å². The van der Waals surface area contributed by atoms with Crippen LogP contribution in [-0.2, 0) is 4.79 Å². The lowest BCUT2D eigenvalue weighted by molar-refractivity contribution is -0.112. The number of carbonyl (C=O) groups excluding carboxylic acids is 1. The van der Waals surface area contributed by atoms with Gasteiger partial charge in [0.25, 0.3) is 5.91 Å². The second-order valence-corrected chi connectivity index (χ2v) is 7.61. The van der Waals surface area contributed by atoms with E-state index in [1.54, 1.807) is 24.3 Å². The molecule has 0 aliphatic heterocycles. The highest BCUT2D eigenvalue weighted by molar-refractivity contribution is 6.30. The molecule has 3 aromatic rings. The number of hydrogen-bond acceptors (Lipinski definition) is 3. The van der Waals surface area contributed by atoms with E-state index in [-0.39, 0.29) is 5.57 Å². The van der Waals surface area contributed by atoms with Gasteiger partial charge in [-0.15, -0.1) is 0 Å². The van der Waals surface area contributed by atoms with Gasteiger partial charge in [0, 0.05) is 27.8 Å². The molecule has 0 bridgehead atoms. The number of carbonyl (C=O) groups is 1. The van der Waals surface area contributed by atoms with Crippen molar-refractivity contribution in [1.82, 2.24) is 4.57 Å². The van der Waals surface area contributed by atoms with Crippen LogP contribution < -0.4 is 10.1 Å². The maximum absolute atomic E-state index is 12.7. The first-order chi connectivity index (χ1) is 14.8. The topological polar surface area (TPSA) is 67.0 Å². The summed E-state index contributed by atoms with van der Waals surface area (Å²) in [6.45, 7) is 8.37. The van der Waals surface area contributed by atoms with Crippen molar-refractivity contribution in [3.05, 3.63) is 81.6 Å². The Hall–Kier alpha value is -3.49. The van der Waals surface area contributed by atoms with Crippen LogP contribution in [0.25, 0.3) is 11.8 Å². The number of halogens is 1. The number of hydrogen-bond donors (Lipinski definition) is 1. The van der Waals surface area contributed by atoms with E-state index >= 15 is 0 Å². The van der Waals surface area contributed by atoms with Crippen LogP contribution >= 0.6 is 11.6 Å². The monoisotopic (exact) mass is 433 g/mol. The van der Waals surface area contributed by atoms with Gasteiger partial charge in [-0.3, -0.25) is 4.79 Å². The summed E-state index contributed by atoms with van der Waals surface area (Å²) in [6.07, 6.45) is 1.62. The van der Waals surface area contributed by atoms with E-state index in [0.717, 1.165) is 34.0 Å². The smallest absolute Gasteiger partial charge is 0.266 e. The minimum absolute atomic E-state index is 0.0290. The van der Waals surface area contributed by atoms with E-state index in [1.807, 2.05) is 64.1 Å². The number of anilines is 1. The fourth-order valence-corrected chi connectivity index (χ4v) is 3.68. The molecule has 0 saturated heterocycles. The molecule has 0 saturated carbocycles. The van der Waals surface area contributed by atoms with Crippen molar-refractivity contribution in [2.45, 2.75) is 27.7 Å². The normalized spacial score (nSPS) is 11.2. The molecular formula is C25H24ClN3O2. The third kappa shape index (κ3) is 4.99. The van der Waals surface area contributed by atoms with E-state index in [9.17, 15) is 10.1 Å². The Labute approximate surface area is 187 Å². The van der Waals surface area contributed by atoms with Gasteiger partial charge in [-0.05, 0) is 93.4 Å². The molecule has 2 aromatic carbocycles. The predicted molar refractivity (Wildman–Crippen MR) is 125 cm³/mol. The first-order valence-corrected chi connectivity index (χ1v) is 10.3. The SMILES string of the molecule is CCOc1ccc(-n2c(C)cc(/C=C(\C#N)C(=O)Nc3ccc(Cl)cc3C)c2C)cc1. The Balaban J connectivity index is 1.90. The zero-order valence-corrected chi connectivity index (χ0v) is 18.7. The fraction of sp³-hybridized carbons (Fsp3) is 0.200. The number of nitrogens with zero attached hydrogens (tertiary/aromatic N) is 2. The number of ether oxygens (including phenoxy) is 1. The summed E-state index contributed by atoms with van der Waals surface area (Å²) in [5, 5.41) is 13.0. The first-order valence-electron chi connectivity index (χ1n) is 9.95. The lowest BCUT2D eigenvalue weighted by Crippen LogP contribution is -2.14. The Bertz CT molecular complexity index is 1180. The molecule has 0 radical (unpaired) electrons. The minimum atomic E-state index is -0.459. The van der Waals surface area contributed by atoms with Crippen LogP contribution in [0.3, 0.4) is 0 Å². The van der Waals surface area contributed by atoms with Crippen molar-refractivity contribution >= 4 is 29.3 Å². The van der Waals surface area contributed by atoms with Crippen LogP contribution in [0, 0.1) is 32.1 Å². The van der Waals surface area contributed by atoms with Crippen molar-refractivity contribution in [2.75, 3.05) is 11.9 Å². The number of benzene rings is 2. The van der Waals surface area contributed by atoms with Crippen molar-refractivity contribution in [2.24, 2.45) is 0 Å². The molecular weight excluding hydrogens is 410 g/mol. The van der Waals surface area contributed by atoms with Gasteiger partial charge in [0.05, 0.1) is 6.61 Å². The number of aromatic nitrogens is 1. The molecule has 1 N–H and O–H groups in total. The van der Waals surface area contributed by atoms with Gasteiger partial charge in [-0.25, -0.2) is 0 Å². The number of nitriles is 1. The van der Waals surface area contributed by atoms with Crippen molar-refractivity contribution < 1.29 is 9.53 Å². The summed E-state index contributed by atoms with van der Waals surface area (Å²) in [6, 6.07) is 17.0. The average Bonchev–Trinajstić information content (AvgIpc) is 3.02. The first kappa shape index (κ1) is 22.2. The van der Waals surface area contributed by atoms with E-state index < -0.39 is 5.91 Å². The van der Waals surface area contributed by atoms with E-state index in [2.05, 4.69) is 9.88 Å². The molecule has 1 amide bonds. The molecule has 3 rings (SSSR count). The molecule has 1 heterocycles. The second-order valence-electron chi connectivity index (χ2n) is 7.17. The highest BCUT2D eigenvalue weighted by Crippen LogP contribution is 2.25. The number of amides is 1. The number of nitrogens with one attached hydrogen (secondary N) is 1. The fourth-order valence-electron chi connectivity index (χ4n) is 3.45. The molecule has 5 nitrogen and oxygen atoms in total. The highest BCUT2D eigenvalue weighted by Gasteiger charge is 2.15. The molecule has 0 aliphatic carbocycles. The minimum Gasteiger partial charge on any atom is -0.494 e. The molecule has 0 fully saturated rings. The van der Waals surface area contributed by atoms with Crippen molar-refractivity contribution in [3.63, 3.8) is 0 Å². The van der Waals surface area contributed by atoms with Gasteiger partial charge in [-0.1, -0.05) is 11.6 Å². The molecule has 1 aromatic heterocycles. The quantitative estimate of drug-likeness (QED) is 0.383. The zero-order chi connectivity index (χ0) is 22.5. The van der Waals surface area contributed by atoms with Crippen LogP contribution in [0.1, 0.15) is 29.4 Å². The maximum atomic E-state index is 12.7. The van der Waals surface area contributed by atoms with Gasteiger partial charge in [0.15, 0.2) is 0 Å². The molecule has 0 spiro atoms. The van der Waals surface area contributed by atoms with Gasteiger partial charge in [-0.2, -0.15) is 5.26 Å². The largest absolute Gasteiger partial charge is 0.494 e. The van der Waals surface area contributed by atoms with Gasteiger partial charge >= 0.3 is 0 Å². The molecule has 0 unspecified atom stereocenters. The third-order valence-corrected chi connectivity index (χ3v) is 5.21. The van der Waals surface area contributed by atoms with Crippen LogP contribution in [0.5, 0.6) is 5.75 Å². The van der Waals surface area contributed by atoms with E-state index in [0.29, 0.717) is 17.3 Å². The summed E-state index contributed by atoms with van der Waals surface area (Å²) < 4.78 is 7.59. The van der Waals surface area contributed by atoms with Gasteiger partial charge < -0.3 is 14.6 Å². The van der Waals surface area contributed by atoms with Gasteiger partial charge in [0.2, 0.25) is 0 Å². The van der Waals surface area contributed by atoms with Crippen LogP contribution in [0.4, 0.5) is 5.69 Å². The van der Waals surface area contributed by atoms with Crippen LogP contribution in [0.15, 0.2) is 54.1 Å². The number of rotatable bonds is 6. The molecule has 31 heavy (non-hydrogen) atoms. The Morgan fingerprint density at radius 2 is 1.87 bits per heavy atom. The lowest BCUT2D eigenvalue weighted by Gasteiger charge is -2.11. The second kappa shape index (κ2) is 9.55. The van der Waals surface area contributed by atoms with Crippen molar-refractivity contribution in [1.29, 1.82) is 5.26 Å². The van der Waals surface area contributed by atoms with Gasteiger partial charge in [0.1, 0.15) is 17.4 Å². The molecule has 0 aliphatic rings. The molecule has 0 atom stereocenters. The van der Waals surface area contributed by atoms with Crippen LogP contribution in [0.2, 0.25) is 5.02 Å². The lowest BCUT2D eigenvalue weighted by atomic mass is 10.1. The van der Waals surface area contributed by atoms with Crippen LogP contribution in [-0.4, -0.2) is 17.1 Å². The average molecular weight is 434 g/mol. The summed E-state index contributed by atoms with van der Waals surface area (Å²) in [5.41, 5.74) is 5.20. The third-order valence-electron chi connectivity index (χ3n) is 4.98. The summed E-state index contributed by atoms with van der Waals surface area (Å²) in [4.78, 5) is 12.7. The Morgan fingerprint density at radius 3 is 2.48 bits per heavy atom. The Morgan fingerprint density at radius 1 is 1.16 bits per heavy atom.